The molecule has 3 nitrogen and oxygen atoms in total. The van der Waals surface area contributed by atoms with Gasteiger partial charge in [0.25, 0.3) is 5.91 Å². The Hall–Kier alpha value is -1.53. The highest BCUT2D eigenvalue weighted by Crippen LogP contribution is 2.33. The molecule has 4 heteroatoms. The fraction of sp³-hybridized carbons (Fsp3) is 0.529. The number of carbonyl (C=O) groups is 1. The van der Waals surface area contributed by atoms with Crippen LogP contribution in [0.2, 0.25) is 5.02 Å². The Morgan fingerprint density at radius 2 is 2.10 bits per heavy atom. The van der Waals surface area contributed by atoms with Gasteiger partial charge in [0.05, 0.1) is 6.07 Å². The van der Waals surface area contributed by atoms with Crippen molar-refractivity contribution in [3.8, 4) is 6.07 Å². The van der Waals surface area contributed by atoms with Gasteiger partial charge in [-0.25, -0.2) is 0 Å². The van der Waals surface area contributed by atoms with E-state index < -0.39 is 5.54 Å². The third-order valence-electron chi connectivity index (χ3n) is 4.41. The van der Waals surface area contributed by atoms with Gasteiger partial charge in [-0.15, -0.1) is 0 Å². The Balaban J connectivity index is 2.12. The summed E-state index contributed by atoms with van der Waals surface area (Å²) in [6, 6.07) is 7.58. The molecule has 0 bridgehead atoms. The topological polar surface area (TPSA) is 52.9 Å². The van der Waals surface area contributed by atoms with Crippen LogP contribution in [0.3, 0.4) is 0 Å². The van der Waals surface area contributed by atoms with Gasteiger partial charge in [0.1, 0.15) is 5.54 Å². The molecule has 1 fully saturated rings. The van der Waals surface area contributed by atoms with E-state index in [1.54, 1.807) is 12.1 Å². The molecule has 1 N–H and O–H groups in total. The lowest BCUT2D eigenvalue weighted by Crippen LogP contribution is -2.49. The first-order chi connectivity index (χ1) is 9.98. The van der Waals surface area contributed by atoms with Crippen molar-refractivity contribution >= 4 is 17.5 Å². The van der Waals surface area contributed by atoms with Gasteiger partial charge in [-0.3, -0.25) is 4.79 Å². The van der Waals surface area contributed by atoms with Crippen LogP contribution in [0.15, 0.2) is 18.2 Å². The third-order valence-corrected chi connectivity index (χ3v) is 4.63. The lowest BCUT2D eigenvalue weighted by Gasteiger charge is -2.35. The van der Waals surface area contributed by atoms with Gasteiger partial charge in [-0.1, -0.05) is 24.9 Å². The molecule has 0 atom stereocenters. The predicted molar refractivity (Wildman–Crippen MR) is 84.2 cm³/mol. The van der Waals surface area contributed by atoms with Crippen molar-refractivity contribution in [1.29, 1.82) is 5.26 Å². The smallest absolute Gasteiger partial charge is 0.252 e. The number of halogens is 1. The number of carbonyl (C=O) groups excluding carboxylic acids is 1. The van der Waals surface area contributed by atoms with Crippen LogP contribution < -0.4 is 5.32 Å². The lowest BCUT2D eigenvalue weighted by molar-refractivity contribution is 0.0891. The fourth-order valence-electron chi connectivity index (χ4n) is 3.00. The maximum atomic E-state index is 12.4. The molecule has 0 saturated heterocycles. The Labute approximate surface area is 131 Å². The Morgan fingerprint density at radius 1 is 1.43 bits per heavy atom. The van der Waals surface area contributed by atoms with Gasteiger partial charge >= 0.3 is 0 Å². The molecule has 112 valence electrons. The van der Waals surface area contributed by atoms with Crippen LogP contribution in [0, 0.1) is 24.2 Å². The number of benzene rings is 1. The molecule has 1 aromatic carbocycles. The number of hydrogen-bond acceptors (Lipinski definition) is 2. The molecular formula is C17H21ClN2O. The first-order valence-corrected chi connectivity index (χ1v) is 7.87. The van der Waals surface area contributed by atoms with Crippen LogP contribution in [0.4, 0.5) is 0 Å². The van der Waals surface area contributed by atoms with Gasteiger partial charge in [-0.2, -0.15) is 5.26 Å². The highest BCUT2D eigenvalue weighted by atomic mass is 35.5. The number of amides is 1. The maximum absolute atomic E-state index is 12.4. The first kappa shape index (κ1) is 15.9. The van der Waals surface area contributed by atoms with Crippen molar-refractivity contribution < 1.29 is 4.79 Å². The number of nitrogens with zero attached hydrogens (tertiary/aromatic N) is 1. The predicted octanol–water partition coefficient (Wildman–Crippen LogP) is 4.24. The number of nitriles is 1. The first-order valence-electron chi connectivity index (χ1n) is 7.49. The summed E-state index contributed by atoms with van der Waals surface area (Å²) in [4.78, 5) is 12.4. The van der Waals surface area contributed by atoms with Crippen molar-refractivity contribution in [2.75, 3.05) is 0 Å². The van der Waals surface area contributed by atoms with E-state index in [1.807, 2.05) is 13.0 Å². The summed E-state index contributed by atoms with van der Waals surface area (Å²) in [6.45, 7) is 4.08. The van der Waals surface area contributed by atoms with Crippen LogP contribution in [0.1, 0.15) is 54.9 Å². The normalized spacial score (nSPS) is 25.1. The molecule has 0 unspecified atom stereocenters. The van der Waals surface area contributed by atoms with E-state index in [0.717, 1.165) is 37.7 Å². The average Bonchev–Trinajstić information content (AvgIpc) is 2.47. The van der Waals surface area contributed by atoms with Crippen LogP contribution in [-0.2, 0) is 0 Å². The minimum Gasteiger partial charge on any atom is -0.334 e. The maximum Gasteiger partial charge on any atom is 0.252 e. The number of rotatable bonds is 3. The average molecular weight is 305 g/mol. The quantitative estimate of drug-likeness (QED) is 0.908. The zero-order chi connectivity index (χ0) is 15.5. The van der Waals surface area contributed by atoms with E-state index in [4.69, 9.17) is 11.6 Å². The molecule has 1 aliphatic rings. The Bertz CT molecular complexity index is 548. The van der Waals surface area contributed by atoms with Gasteiger partial charge in [0, 0.05) is 10.6 Å². The van der Waals surface area contributed by atoms with Crippen molar-refractivity contribution in [3.05, 3.63) is 34.3 Å². The highest BCUT2D eigenvalue weighted by molar-refractivity contribution is 6.31. The standard InChI is InChI=1S/C17H21ClN2O/c1-3-13-4-6-17(11-19,7-5-13)20-16(21)14-8-12(2)9-15(18)10-14/h8-10,13H,3-7H2,1-2H3,(H,20,21). The number of aryl methyl sites for hydroxylation is 1. The van der Waals surface area contributed by atoms with Crippen molar-refractivity contribution in [1.82, 2.24) is 5.32 Å². The minimum absolute atomic E-state index is 0.211. The van der Waals surface area contributed by atoms with Gasteiger partial charge in [0.15, 0.2) is 0 Å². The van der Waals surface area contributed by atoms with E-state index in [9.17, 15) is 10.1 Å². The van der Waals surface area contributed by atoms with E-state index in [1.165, 1.54) is 0 Å². The Kier molecular flexibility index (Phi) is 4.90. The molecule has 0 heterocycles. The fourth-order valence-corrected chi connectivity index (χ4v) is 3.29. The van der Waals surface area contributed by atoms with E-state index in [-0.39, 0.29) is 5.91 Å². The molecule has 21 heavy (non-hydrogen) atoms. The summed E-state index contributed by atoms with van der Waals surface area (Å²) in [5, 5.41) is 13.0. The Morgan fingerprint density at radius 3 is 2.62 bits per heavy atom. The largest absolute Gasteiger partial charge is 0.334 e. The lowest BCUT2D eigenvalue weighted by atomic mass is 9.76. The zero-order valence-electron chi connectivity index (χ0n) is 12.6. The number of nitrogens with one attached hydrogen (secondary N) is 1. The third kappa shape index (κ3) is 3.77. The summed E-state index contributed by atoms with van der Waals surface area (Å²) < 4.78 is 0. The van der Waals surface area contributed by atoms with Crippen LogP contribution >= 0.6 is 11.6 Å². The molecule has 0 radical (unpaired) electrons. The molecule has 1 saturated carbocycles. The van der Waals surface area contributed by atoms with E-state index in [0.29, 0.717) is 16.5 Å². The second kappa shape index (κ2) is 6.49. The summed E-state index contributed by atoms with van der Waals surface area (Å²) in [6.07, 6.45) is 4.60. The summed E-state index contributed by atoms with van der Waals surface area (Å²) in [7, 11) is 0. The van der Waals surface area contributed by atoms with Crippen molar-refractivity contribution in [2.45, 2.75) is 51.5 Å². The van der Waals surface area contributed by atoms with Gasteiger partial charge in [0.2, 0.25) is 0 Å². The number of hydrogen-bond donors (Lipinski definition) is 1. The molecule has 0 aromatic heterocycles. The molecule has 1 amide bonds. The second-order valence-electron chi connectivity index (χ2n) is 6.02. The van der Waals surface area contributed by atoms with Gasteiger partial charge < -0.3 is 5.32 Å². The molecule has 1 aromatic rings. The van der Waals surface area contributed by atoms with Crippen LogP contribution in [0.5, 0.6) is 0 Å². The highest BCUT2D eigenvalue weighted by Gasteiger charge is 2.36. The monoisotopic (exact) mass is 304 g/mol. The van der Waals surface area contributed by atoms with Gasteiger partial charge in [-0.05, 0) is 62.3 Å². The molecule has 0 spiro atoms. The molecule has 1 aliphatic carbocycles. The van der Waals surface area contributed by atoms with Crippen molar-refractivity contribution in [3.63, 3.8) is 0 Å². The van der Waals surface area contributed by atoms with Crippen molar-refractivity contribution in [2.24, 2.45) is 5.92 Å². The molecular weight excluding hydrogens is 284 g/mol. The zero-order valence-corrected chi connectivity index (χ0v) is 13.3. The summed E-state index contributed by atoms with van der Waals surface area (Å²) >= 11 is 6.00. The van der Waals surface area contributed by atoms with Crippen LogP contribution in [-0.4, -0.2) is 11.4 Å². The second-order valence-corrected chi connectivity index (χ2v) is 6.45. The minimum atomic E-state index is -0.723. The molecule has 0 aliphatic heterocycles. The molecule has 2 rings (SSSR count). The van der Waals surface area contributed by atoms with E-state index >= 15 is 0 Å². The van der Waals surface area contributed by atoms with Crippen LogP contribution in [0.25, 0.3) is 0 Å². The summed E-state index contributed by atoms with van der Waals surface area (Å²) in [5.41, 5.74) is 0.736. The SMILES string of the molecule is CCC1CCC(C#N)(NC(=O)c2cc(C)cc(Cl)c2)CC1. The summed E-state index contributed by atoms with van der Waals surface area (Å²) in [5.74, 6) is 0.467. The van der Waals surface area contributed by atoms with E-state index in [2.05, 4.69) is 18.3 Å².